The topological polar surface area (TPSA) is 35.5 Å². The van der Waals surface area contributed by atoms with Gasteiger partial charge in [0.15, 0.2) is 0 Å². The van der Waals surface area contributed by atoms with Gasteiger partial charge in [0.1, 0.15) is 0 Å². The molecule has 1 saturated heterocycles. The van der Waals surface area contributed by atoms with E-state index >= 15 is 0 Å². The number of aliphatic hydroxyl groups is 1. The van der Waals surface area contributed by atoms with E-state index in [1.165, 1.54) is 25.1 Å². The molecule has 1 fully saturated rings. The Bertz CT molecular complexity index is 377. The summed E-state index contributed by atoms with van der Waals surface area (Å²) in [6, 6.07) is 8.91. The highest BCUT2D eigenvalue weighted by Gasteiger charge is 2.23. The predicted octanol–water partition coefficient (Wildman–Crippen LogP) is 1.65. The normalized spacial score (nSPS) is 24.6. The first-order chi connectivity index (χ1) is 9.19. The van der Waals surface area contributed by atoms with Crippen molar-refractivity contribution in [1.29, 1.82) is 0 Å². The first kappa shape index (κ1) is 14.5. The number of aliphatic hydroxyl groups excluding tert-OH is 1. The first-order valence-corrected chi connectivity index (χ1v) is 7.29. The van der Waals surface area contributed by atoms with Crippen molar-refractivity contribution in [3.8, 4) is 0 Å². The van der Waals surface area contributed by atoms with Crippen LogP contribution in [0.4, 0.5) is 0 Å². The van der Waals surface area contributed by atoms with Crippen LogP contribution in [0.25, 0.3) is 0 Å². The molecule has 1 heterocycles. The molecule has 0 bridgehead atoms. The van der Waals surface area contributed by atoms with Gasteiger partial charge >= 0.3 is 0 Å². The minimum Gasteiger partial charge on any atom is -0.392 e. The van der Waals surface area contributed by atoms with Crippen LogP contribution >= 0.6 is 0 Å². The van der Waals surface area contributed by atoms with Gasteiger partial charge in [-0.25, -0.2) is 0 Å². The maximum Gasteiger partial charge on any atom is 0.0681 e. The maximum absolute atomic E-state index is 9.01. The zero-order valence-corrected chi connectivity index (χ0v) is 12.1. The van der Waals surface area contributed by atoms with E-state index in [2.05, 4.69) is 36.3 Å². The van der Waals surface area contributed by atoms with Gasteiger partial charge in [0, 0.05) is 12.6 Å². The van der Waals surface area contributed by atoms with Crippen molar-refractivity contribution in [1.82, 2.24) is 10.2 Å². The lowest BCUT2D eigenvalue weighted by molar-refractivity contribution is 0.176. The fourth-order valence-corrected chi connectivity index (χ4v) is 2.87. The number of nitrogens with zero attached hydrogens (tertiary/aromatic N) is 1. The van der Waals surface area contributed by atoms with Gasteiger partial charge in [-0.15, -0.1) is 0 Å². The summed E-state index contributed by atoms with van der Waals surface area (Å²) in [5.74, 6) is 0.732. The molecule has 1 aliphatic heterocycles. The molecule has 3 heteroatoms. The van der Waals surface area contributed by atoms with Crippen molar-refractivity contribution in [3.63, 3.8) is 0 Å². The minimum absolute atomic E-state index is 0.131. The Morgan fingerprint density at radius 2 is 1.95 bits per heavy atom. The summed E-state index contributed by atoms with van der Waals surface area (Å²) in [6.45, 7) is 5.91. The standard InChI is InChI=1S/C16H26N2O/c1-13-11-18(2)10-8-16(13)17-9-7-14-3-5-15(12-19)6-4-14/h3-6,13,16-17,19H,7-12H2,1-2H3. The quantitative estimate of drug-likeness (QED) is 0.847. The van der Waals surface area contributed by atoms with Crippen molar-refractivity contribution in [2.75, 3.05) is 26.7 Å². The van der Waals surface area contributed by atoms with E-state index in [4.69, 9.17) is 5.11 Å². The average molecular weight is 262 g/mol. The number of rotatable bonds is 5. The molecule has 2 rings (SSSR count). The Morgan fingerprint density at radius 3 is 2.58 bits per heavy atom. The third kappa shape index (κ3) is 4.30. The summed E-state index contributed by atoms with van der Waals surface area (Å²) in [6.07, 6.45) is 2.31. The monoisotopic (exact) mass is 262 g/mol. The smallest absolute Gasteiger partial charge is 0.0681 e. The molecule has 2 N–H and O–H groups in total. The van der Waals surface area contributed by atoms with Crippen molar-refractivity contribution in [3.05, 3.63) is 35.4 Å². The molecule has 19 heavy (non-hydrogen) atoms. The SMILES string of the molecule is CC1CN(C)CCC1NCCc1ccc(CO)cc1. The fourth-order valence-electron chi connectivity index (χ4n) is 2.87. The second-order valence-electron chi connectivity index (χ2n) is 5.81. The summed E-state index contributed by atoms with van der Waals surface area (Å²) >= 11 is 0. The zero-order chi connectivity index (χ0) is 13.7. The van der Waals surface area contributed by atoms with Crippen molar-refractivity contribution < 1.29 is 5.11 Å². The molecule has 3 nitrogen and oxygen atoms in total. The van der Waals surface area contributed by atoms with E-state index in [0.29, 0.717) is 6.04 Å². The summed E-state index contributed by atoms with van der Waals surface area (Å²) in [7, 11) is 2.20. The first-order valence-electron chi connectivity index (χ1n) is 7.29. The molecule has 0 amide bonds. The van der Waals surface area contributed by atoms with Crippen LogP contribution in [0.1, 0.15) is 24.5 Å². The van der Waals surface area contributed by atoms with E-state index < -0.39 is 0 Å². The second-order valence-corrected chi connectivity index (χ2v) is 5.81. The number of hydrogen-bond acceptors (Lipinski definition) is 3. The third-order valence-electron chi connectivity index (χ3n) is 4.13. The van der Waals surface area contributed by atoms with Gasteiger partial charge in [-0.3, -0.25) is 0 Å². The number of hydrogen-bond donors (Lipinski definition) is 2. The molecular formula is C16H26N2O. The zero-order valence-electron chi connectivity index (χ0n) is 12.1. The van der Waals surface area contributed by atoms with Gasteiger partial charge in [0.2, 0.25) is 0 Å². The van der Waals surface area contributed by atoms with Gasteiger partial charge in [-0.2, -0.15) is 0 Å². The van der Waals surface area contributed by atoms with E-state index in [1.807, 2.05) is 12.1 Å². The van der Waals surface area contributed by atoms with Crippen LogP contribution in [0.3, 0.4) is 0 Å². The Balaban J connectivity index is 1.73. The summed E-state index contributed by atoms with van der Waals surface area (Å²) in [4.78, 5) is 2.41. The second kappa shape index (κ2) is 7.04. The van der Waals surface area contributed by atoms with Gasteiger partial charge in [-0.1, -0.05) is 31.2 Å². The molecule has 1 aromatic carbocycles. The number of nitrogens with one attached hydrogen (secondary N) is 1. The largest absolute Gasteiger partial charge is 0.392 e. The number of benzene rings is 1. The summed E-state index contributed by atoms with van der Waals surface area (Å²) < 4.78 is 0. The lowest BCUT2D eigenvalue weighted by Gasteiger charge is -2.35. The molecule has 106 valence electrons. The molecule has 0 spiro atoms. The number of piperidine rings is 1. The van der Waals surface area contributed by atoms with Crippen LogP contribution in [0.2, 0.25) is 0 Å². The highest BCUT2D eigenvalue weighted by molar-refractivity contribution is 5.22. The van der Waals surface area contributed by atoms with Crippen LogP contribution in [0.15, 0.2) is 24.3 Å². The van der Waals surface area contributed by atoms with Crippen LogP contribution in [0, 0.1) is 5.92 Å². The van der Waals surface area contributed by atoms with E-state index in [-0.39, 0.29) is 6.61 Å². The molecule has 1 aromatic rings. The lowest BCUT2D eigenvalue weighted by atomic mass is 9.94. The van der Waals surface area contributed by atoms with Gasteiger partial charge in [0.05, 0.1) is 6.61 Å². The molecule has 2 atom stereocenters. The molecule has 0 radical (unpaired) electrons. The molecule has 0 aliphatic carbocycles. The van der Waals surface area contributed by atoms with Gasteiger partial charge in [0.25, 0.3) is 0 Å². The van der Waals surface area contributed by atoms with Crippen LogP contribution < -0.4 is 5.32 Å². The van der Waals surface area contributed by atoms with Crippen molar-refractivity contribution in [2.24, 2.45) is 5.92 Å². The van der Waals surface area contributed by atoms with Crippen molar-refractivity contribution >= 4 is 0 Å². The lowest BCUT2D eigenvalue weighted by Crippen LogP contribution is -2.47. The van der Waals surface area contributed by atoms with E-state index in [0.717, 1.165) is 24.4 Å². The average Bonchev–Trinajstić information content (AvgIpc) is 2.42. The van der Waals surface area contributed by atoms with Crippen LogP contribution in [-0.4, -0.2) is 42.7 Å². The number of likely N-dealkylation sites (tertiary alicyclic amines) is 1. The molecule has 1 aliphatic rings. The molecule has 2 unspecified atom stereocenters. The highest BCUT2D eigenvalue weighted by Crippen LogP contribution is 2.15. The van der Waals surface area contributed by atoms with Crippen LogP contribution in [0.5, 0.6) is 0 Å². The van der Waals surface area contributed by atoms with E-state index in [9.17, 15) is 0 Å². The Kier molecular flexibility index (Phi) is 5.37. The summed E-state index contributed by atoms with van der Waals surface area (Å²) in [5.41, 5.74) is 2.32. The van der Waals surface area contributed by atoms with Crippen LogP contribution in [-0.2, 0) is 13.0 Å². The molecular weight excluding hydrogens is 236 g/mol. The van der Waals surface area contributed by atoms with Crippen molar-refractivity contribution in [2.45, 2.75) is 32.4 Å². The minimum atomic E-state index is 0.131. The predicted molar refractivity (Wildman–Crippen MR) is 79.1 cm³/mol. The third-order valence-corrected chi connectivity index (χ3v) is 4.13. The van der Waals surface area contributed by atoms with Gasteiger partial charge < -0.3 is 15.3 Å². The maximum atomic E-state index is 9.01. The molecule has 0 aromatic heterocycles. The Labute approximate surface area is 116 Å². The van der Waals surface area contributed by atoms with E-state index in [1.54, 1.807) is 0 Å². The Hall–Kier alpha value is -0.900. The highest BCUT2D eigenvalue weighted by atomic mass is 16.3. The molecule has 0 saturated carbocycles. The fraction of sp³-hybridized carbons (Fsp3) is 0.625. The van der Waals surface area contributed by atoms with Gasteiger partial charge in [-0.05, 0) is 50.0 Å². The Morgan fingerprint density at radius 1 is 1.26 bits per heavy atom. The summed E-state index contributed by atoms with van der Waals surface area (Å²) in [5, 5.41) is 12.7.